The summed E-state index contributed by atoms with van der Waals surface area (Å²) in [7, 11) is 1.55. The van der Waals surface area contributed by atoms with Gasteiger partial charge in [-0.1, -0.05) is 11.2 Å². The molecule has 3 aromatic rings. The lowest BCUT2D eigenvalue weighted by Gasteiger charge is -2.09. The fourth-order valence-corrected chi connectivity index (χ4v) is 2.55. The largest absolute Gasteiger partial charge is 0.489 e. The van der Waals surface area contributed by atoms with Crippen LogP contribution >= 0.6 is 0 Å². The van der Waals surface area contributed by atoms with Crippen molar-refractivity contribution in [3.05, 3.63) is 70.7 Å². The van der Waals surface area contributed by atoms with Crippen LogP contribution in [0.5, 0.6) is 11.6 Å². The molecule has 1 N–H and O–H groups in total. The van der Waals surface area contributed by atoms with Gasteiger partial charge in [-0.15, -0.1) is 0 Å². The highest BCUT2D eigenvalue weighted by molar-refractivity contribution is 5.94. The Morgan fingerprint density at radius 1 is 1.22 bits per heavy atom. The lowest BCUT2D eigenvalue weighted by atomic mass is 10.2. The highest BCUT2D eigenvalue weighted by Gasteiger charge is 2.11. The molecule has 2 aromatic heterocycles. The van der Waals surface area contributed by atoms with E-state index in [0.717, 1.165) is 22.6 Å². The third-order valence-electron chi connectivity index (χ3n) is 4.12. The van der Waals surface area contributed by atoms with Gasteiger partial charge in [-0.05, 0) is 43.7 Å². The van der Waals surface area contributed by atoms with Crippen LogP contribution in [0.4, 0.5) is 0 Å². The Labute approximate surface area is 157 Å². The lowest BCUT2D eigenvalue weighted by Crippen LogP contribution is -2.22. The van der Waals surface area contributed by atoms with Crippen molar-refractivity contribution in [1.82, 2.24) is 15.5 Å². The molecular formula is C20H21N3O4. The summed E-state index contributed by atoms with van der Waals surface area (Å²) in [6.07, 6.45) is 1.64. The zero-order valence-electron chi connectivity index (χ0n) is 15.5. The predicted octanol–water partition coefficient (Wildman–Crippen LogP) is 3.20. The molecule has 0 radical (unpaired) electrons. The monoisotopic (exact) mass is 367 g/mol. The topological polar surface area (TPSA) is 86.5 Å². The van der Waals surface area contributed by atoms with E-state index in [1.807, 2.05) is 26.0 Å². The maximum absolute atomic E-state index is 12.4. The van der Waals surface area contributed by atoms with Crippen molar-refractivity contribution < 1.29 is 18.8 Å². The van der Waals surface area contributed by atoms with Gasteiger partial charge in [0.2, 0.25) is 5.88 Å². The minimum absolute atomic E-state index is 0.187. The number of carbonyl (C=O) groups is 1. The van der Waals surface area contributed by atoms with E-state index in [2.05, 4.69) is 15.5 Å². The quantitative estimate of drug-likeness (QED) is 0.690. The molecule has 3 rings (SSSR count). The summed E-state index contributed by atoms with van der Waals surface area (Å²) in [5.41, 5.74) is 3.14. The van der Waals surface area contributed by atoms with Crippen molar-refractivity contribution in [2.45, 2.75) is 27.0 Å². The van der Waals surface area contributed by atoms with E-state index in [4.69, 9.17) is 14.0 Å². The second-order valence-electron chi connectivity index (χ2n) is 6.01. The Morgan fingerprint density at radius 2 is 2.07 bits per heavy atom. The fourth-order valence-electron chi connectivity index (χ4n) is 2.55. The number of rotatable bonds is 7. The van der Waals surface area contributed by atoms with E-state index < -0.39 is 0 Å². The van der Waals surface area contributed by atoms with E-state index in [-0.39, 0.29) is 5.91 Å². The predicted molar refractivity (Wildman–Crippen MR) is 98.7 cm³/mol. The van der Waals surface area contributed by atoms with Crippen molar-refractivity contribution in [2.24, 2.45) is 0 Å². The smallest absolute Gasteiger partial charge is 0.251 e. The Balaban J connectivity index is 1.61. The first-order valence-corrected chi connectivity index (χ1v) is 8.48. The van der Waals surface area contributed by atoms with Gasteiger partial charge in [-0.25, -0.2) is 4.98 Å². The van der Waals surface area contributed by atoms with Gasteiger partial charge in [0.1, 0.15) is 18.1 Å². The average molecular weight is 367 g/mol. The second-order valence-corrected chi connectivity index (χ2v) is 6.01. The van der Waals surface area contributed by atoms with Crippen LogP contribution < -0.4 is 14.8 Å². The molecule has 0 saturated carbocycles. The van der Waals surface area contributed by atoms with Crippen LogP contribution in [0.3, 0.4) is 0 Å². The van der Waals surface area contributed by atoms with E-state index in [9.17, 15) is 4.79 Å². The maximum atomic E-state index is 12.4. The first-order valence-electron chi connectivity index (χ1n) is 8.48. The number of nitrogens with one attached hydrogen (secondary N) is 1. The highest BCUT2D eigenvalue weighted by Crippen LogP contribution is 2.18. The van der Waals surface area contributed by atoms with E-state index in [0.29, 0.717) is 30.3 Å². The van der Waals surface area contributed by atoms with Crippen LogP contribution in [0.1, 0.15) is 32.9 Å². The van der Waals surface area contributed by atoms with Gasteiger partial charge in [0, 0.05) is 24.4 Å². The van der Waals surface area contributed by atoms with Crippen LogP contribution in [0, 0.1) is 13.8 Å². The van der Waals surface area contributed by atoms with Crippen molar-refractivity contribution in [3.63, 3.8) is 0 Å². The highest BCUT2D eigenvalue weighted by atomic mass is 16.5. The number of aromatic nitrogens is 2. The first kappa shape index (κ1) is 18.4. The Bertz CT molecular complexity index is 917. The number of pyridine rings is 1. The molecule has 0 atom stereocenters. The molecular weight excluding hydrogens is 346 g/mol. The number of amides is 1. The Morgan fingerprint density at radius 3 is 2.81 bits per heavy atom. The molecule has 0 aliphatic carbocycles. The summed E-state index contributed by atoms with van der Waals surface area (Å²) in [4.78, 5) is 16.5. The number of ether oxygens (including phenoxy) is 2. The van der Waals surface area contributed by atoms with Crippen LogP contribution in [0.25, 0.3) is 0 Å². The normalized spacial score (nSPS) is 10.5. The average Bonchev–Trinajstić information content (AvgIpc) is 3.02. The molecule has 0 spiro atoms. The van der Waals surface area contributed by atoms with Gasteiger partial charge >= 0.3 is 0 Å². The summed E-state index contributed by atoms with van der Waals surface area (Å²) < 4.78 is 16.0. The summed E-state index contributed by atoms with van der Waals surface area (Å²) >= 11 is 0. The molecule has 0 fully saturated rings. The van der Waals surface area contributed by atoms with Crippen LogP contribution in [-0.2, 0) is 13.2 Å². The van der Waals surface area contributed by atoms with Gasteiger partial charge < -0.3 is 19.3 Å². The van der Waals surface area contributed by atoms with Crippen LogP contribution in [0.2, 0.25) is 0 Å². The van der Waals surface area contributed by atoms with Crippen LogP contribution in [-0.4, -0.2) is 23.2 Å². The number of benzene rings is 1. The molecule has 0 bridgehead atoms. The third kappa shape index (κ3) is 4.63. The standard InChI is InChI=1S/C20H21N3O4/c1-13-18(14(2)27-23-13)12-26-17-6-4-5-16(10-17)20(24)22-11-15-7-8-21-19(9-15)25-3/h4-10H,11-12H2,1-3H3,(H,22,24). The zero-order valence-corrected chi connectivity index (χ0v) is 15.5. The minimum Gasteiger partial charge on any atom is -0.489 e. The number of nitrogens with zero attached hydrogens (tertiary/aromatic N) is 2. The fraction of sp³-hybridized carbons (Fsp3) is 0.250. The number of hydrogen-bond donors (Lipinski definition) is 1. The molecule has 7 nitrogen and oxygen atoms in total. The molecule has 2 heterocycles. The number of aryl methyl sites for hydroxylation is 2. The van der Waals surface area contributed by atoms with Gasteiger partial charge in [-0.3, -0.25) is 4.79 Å². The second kappa shape index (κ2) is 8.35. The molecule has 1 amide bonds. The van der Waals surface area contributed by atoms with E-state index in [1.165, 1.54) is 0 Å². The van der Waals surface area contributed by atoms with Gasteiger partial charge in [-0.2, -0.15) is 0 Å². The lowest BCUT2D eigenvalue weighted by molar-refractivity contribution is 0.0950. The van der Waals surface area contributed by atoms with Gasteiger partial charge in [0.05, 0.1) is 18.4 Å². The van der Waals surface area contributed by atoms with E-state index >= 15 is 0 Å². The number of hydrogen-bond acceptors (Lipinski definition) is 6. The molecule has 0 unspecified atom stereocenters. The summed E-state index contributed by atoms with van der Waals surface area (Å²) in [6.45, 7) is 4.43. The first-order chi connectivity index (χ1) is 13.1. The SMILES string of the molecule is COc1cc(CNC(=O)c2cccc(OCc3c(C)noc3C)c2)ccn1. The van der Waals surface area contributed by atoms with Crippen molar-refractivity contribution >= 4 is 5.91 Å². The van der Waals surface area contributed by atoms with E-state index in [1.54, 1.807) is 37.6 Å². The number of carbonyl (C=O) groups excluding carboxylic acids is 1. The molecule has 0 saturated heterocycles. The molecule has 1 aromatic carbocycles. The van der Waals surface area contributed by atoms with Crippen LogP contribution in [0.15, 0.2) is 47.1 Å². The molecule has 0 aliphatic heterocycles. The van der Waals surface area contributed by atoms with Crippen molar-refractivity contribution in [3.8, 4) is 11.6 Å². The maximum Gasteiger partial charge on any atom is 0.251 e. The Kier molecular flexibility index (Phi) is 5.71. The van der Waals surface area contributed by atoms with Crippen molar-refractivity contribution in [1.29, 1.82) is 0 Å². The molecule has 7 heteroatoms. The Hall–Kier alpha value is -3.35. The summed E-state index contributed by atoms with van der Waals surface area (Å²) in [5.74, 6) is 1.66. The number of methoxy groups -OCH3 is 1. The summed E-state index contributed by atoms with van der Waals surface area (Å²) in [6, 6.07) is 10.6. The minimum atomic E-state index is -0.187. The van der Waals surface area contributed by atoms with Gasteiger partial charge in [0.15, 0.2) is 0 Å². The molecule has 27 heavy (non-hydrogen) atoms. The van der Waals surface area contributed by atoms with Gasteiger partial charge in [0.25, 0.3) is 5.91 Å². The third-order valence-corrected chi connectivity index (χ3v) is 4.12. The zero-order chi connectivity index (χ0) is 19.2. The molecule has 140 valence electrons. The molecule has 0 aliphatic rings. The summed E-state index contributed by atoms with van der Waals surface area (Å²) in [5, 5.41) is 6.79. The van der Waals surface area contributed by atoms with Crippen molar-refractivity contribution in [2.75, 3.05) is 7.11 Å².